The molecule has 1 aliphatic rings. The lowest BCUT2D eigenvalue weighted by atomic mass is 9.96. The molecular weight excluding hydrogens is 440 g/mol. The molecule has 1 aromatic rings. The van der Waals surface area contributed by atoms with Crippen molar-refractivity contribution in [3.05, 3.63) is 16.1 Å². The minimum atomic E-state index is -4.36. The van der Waals surface area contributed by atoms with Gasteiger partial charge in [0, 0.05) is 31.4 Å². The van der Waals surface area contributed by atoms with Crippen LogP contribution in [0.3, 0.4) is 0 Å². The van der Waals surface area contributed by atoms with Crippen molar-refractivity contribution in [2.24, 2.45) is 4.99 Å². The summed E-state index contributed by atoms with van der Waals surface area (Å²) >= 11 is 1.04. The molecule has 4 nitrogen and oxygen atoms in total. The van der Waals surface area contributed by atoms with Crippen molar-refractivity contribution >= 4 is 41.3 Å². The van der Waals surface area contributed by atoms with Gasteiger partial charge in [0.15, 0.2) is 11.7 Å². The van der Waals surface area contributed by atoms with Crippen LogP contribution in [0.4, 0.5) is 13.2 Å². The number of nitrogens with one attached hydrogen (secondary N) is 2. The molecule has 0 aromatic carbocycles. The molecule has 2 rings (SSSR count). The van der Waals surface area contributed by atoms with E-state index in [0.717, 1.165) is 29.6 Å². The maximum absolute atomic E-state index is 12.5. The molecule has 1 fully saturated rings. The SMILES string of the molecule is CN=C(NCCc1nc(C(F)(F)F)cs1)NC1CCCCC1.I. The van der Waals surface area contributed by atoms with Crippen molar-refractivity contribution < 1.29 is 13.2 Å². The highest BCUT2D eigenvalue weighted by atomic mass is 127. The lowest BCUT2D eigenvalue weighted by molar-refractivity contribution is -0.140. The molecular formula is C14H22F3IN4S. The Balaban J connectivity index is 0.00000264. The van der Waals surface area contributed by atoms with Crippen LogP contribution >= 0.6 is 35.3 Å². The van der Waals surface area contributed by atoms with E-state index < -0.39 is 11.9 Å². The largest absolute Gasteiger partial charge is 0.434 e. The zero-order chi connectivity index (χ0) is 16.0. The van der Waals surface area contributed by atoms with Gasteiger partial charge in [0.1, 0.15) is 0 Å². The van der Waals surface area contributed by atoms with Crippen LogP contribution < -0.4 is 10.6 Å². The third-order valence-corrected chi connectivity index (χ3v) is 4.55. The third kappa shape index (κ3) is 6.82. The summed E-state index contributed by atoms with van der Waals surface area (Å²) in [5, 5.41) is 8.04. The van der Waals surface area contributed by atoms with E-state index in [-0.39, 0.29) is 24.0 Å². The topological polar surface area (TPSA) is 49.3 Å². The summed E-state index contributed by atoms with van der Waals surface area (Å²) in [6.45, 7) is 0.511. The maximum atomic E-state index is 12.5. The molecule has 1 saturated carbocycles. The van der Waals surface area contributed by atoms with E-state index >= 15 is 0 Å². The van der Waals surface area contributed by atoms with Crippen molar-refractivity contribution in [3.63, 3.8) is 0 Å². The highest BCUT2D eigenvalue weighted by Gasteiger charge is 2.33. The molecule has 1 aromatic heterocycles. The number of thiazole rings is 1. The second-order valence-electron chi connectivity index (χ2n) is 5.35. The van der Waals surface area contributed by atoms with Crippen molar-refractivity contribution in [1.29, 1.82) is 0 Å². The number of hydrogen-bond donors (Lipinski definition) is 2. The molecule has 0 bridgehead atoms. The van der Waals surface area contributed by atoms with Gasteiger partial charge in [0.05, 0.1) is 5.01 Å². The first-order valence-corrected chi connectivity index (χ1v) is 8.36. The number of halogens is 4. The van der Waals surface area contributed by atoms with Gasteiger partial charge < -0.3 is 10.6 Å². The molecule has 0 amide bonds. The second kappa shape index (κ2) is 9.65. The Kier molecular flexibility index (Phi) is 8.59. The van der Waals surface area contributed by atoms with Crippen molar-refractivity contribution in [2.45, 2.75) is 50.7 Å². The summed E-state index contributed by atoms with van der Waals surface area (Å²) in [6, 6.07) is 0.441. The van der Waals surface area contributed by atoms with Gasteiger partial charge in [-0.1, -0.05) is 19.3 Å². The van der Waals surface area contributed by atoms with Gasteiger partial charge in [-0.2, -0.15) is 13.2 Å². The lowest BCUT2D eigenvalue weighted by Gasteiger charge is -2.24. The summed E-state index contributed by atoms with van der Waals surface area (Å²) in [5.41, 5.74) is -0.808. The van der Waals surface area contributed by atoms with Gasteiger partial charge in [-0.25, -0.2) is 4.98 Å². The van der Waals surface area contributed by atoms with Crippen LogP contribution in [0.2, 0.25) is 0 Å². The predicted octanol–water partition coefficient (Wildman–Crippen LogP) is 3.82. The second-order valence-corrected chi connectivity index (χ2v) is 6.30. The molecule has 9 heteroatoms. The number of rotatable bonds is 4. The molecule has 1 aliphatic carbocycles. The minimum Gasteiger partial charge on any atom is -0.356 e. The third-order valence-electron chi connectivity index (χ3n) is 3.64. The standard InChI is InChI=1S/C14H21F3N4S.HI/c1-18-13(20-10-5-3-2-4-6-10)19-8-7-12-21-11(9-22-12)14(15,16)17;/h9-10H,2-8H2,1H3,(H2,18,19,20);1H. The zero-order valence-corrected chi connectivity index (χ0v) is 16.1. The zero-order valence-electron chi connectivity index (χ0n) is 12.9. The van der Waals surface area contributed by atoms with E-state index in [4.69, 9.17) is 0 Å². The molecule has 0 spiro atoms. The fourth-order valence-corrected chi connectivity index (χ4v) is 3.28. The van der Waals surface area contributed by atoms with Crippen molar-refractivity contribution in [1.82, 2.24) is 15.6 Å². The Hall–Kier alpha value is -0.580. The van der Waals surface area contributed by atoms with Gasteiger partial charge >= 0.3 is 6.18 Å². The van der Waals surface area contributed by atoms with Crippen LogP contribution in [0, 0.1) is 0 Å². The predicted molar refractivity (Wildman–Crippen MR) is 97.6 cm³/mol. The molecule has 23 heavy (non-hydrogen) atoms. The Morgan fingerprint density at radius 1 is 1.35 bits per heavy atom. The van der Waals surface area contributed by atoms with Gasteiger partial charge in [0.2, 0.25) is 0 Å². The lowest BCUT2D eigenvalue weighted by Crippen LogP contribution is -2.44. The summed E-state index contributed by atoms with van der Waals surface area (Å²) in [7, 11) is 1.70. The van der Waals surface area contributed by atoms with Crippen LogP contribution in [0.5, 0.6) is 0 Å². The van der Waals surface area contributed by atoms with Crippen LogP contribution in [0.1, 0.15) is 42.8 Å². The molecule has 132 valence electrons. The van der Waals surface area contributed by atoms with Crippen LogP contribution in [0.15, 0.2) is 10.4 Å². The van der Waals surface area contributed by atoms with E-state index in [1.807, 2.05) is 0 Å². The molecule has 0 atom stereocenters. The Morgan fingerprint density at radius 3 is 2.61 bits per heavy atom. The molecule has 0 aliphatic heterocycles. The average Bonchev–Trinajstić information content (AvgIpc) is 2.96. The van der Waals surface area contributed by atoms with E-state index in [2.05, 4.69) is 20.6 Å². The first-order valence-electron chi connectivity index (χ1n) is 7.48. The van der Waals surface area contributed by atoms with Crippen LogP contribution in [-0.2, 0) is 12.6 Å². The van der Waals surface area contributed by atoms with E-state index in [9.17, 15) is 13.2 Å². The highest BCUT2D eigenvalue weighted by Crippen LogP contribution is 2.30. The molecule has 0 saturated heterocycles. The Labute approximate surface area is 155 Å². The summed E-state index contributed by atoms with van der Waals surface area (Å²) in [4.78, 5) is 7.77. The van der Waals surface area contributed by atoms with Gasteiger partial charge in [-0.15, -0.1) is 35.3 Å². The van der Waals surface area contributed by atoms with Gasteiger partial charge in [-0.05, 0) is 12.8 Å². The summed E-state index contributed by atoms with van der Waals surface area (Å²) in [5.74, 6) is 0.708. The minimum absolute atomic E-state index is 0. The quantitative estimate of drug-likeness (QED) is 0.407. The average molecular weight is 462 g/mol. The number of hydrogen-bond acceptors (Lipinski definition) is 3. The fourth-order valence-electron chi connectivity index (χ4n) is 2.48. The smallest absolute Gasteiger partial charge is 0.356 e. The van der Waals surface area contributed by atoms with Crippen molar-refractivity contribution in [3.8, 4) is 0 Å². The van der Waals surface area contributed by atoms with Gasteiger partial charge in [-0.3, -0.25) is 4.99 Å². The van der Waals surface area contributed by atoms with Crippen LogP contribution in [0.25, 0.3) is 0 Å². The van der Waals surface area contributed by atoms with E-state index in [1.165, 1.54) is 19.3 Å². The van der Waals surface area contributed by atoms with E-state index in [1.54, 1.807) is 7.05 Å². The molecule has 1 heterocycles. The number of guanidine groups is 1. The van der Waals surface area contributed by atoms with Crippen molar-refractivity contribution in [2.75, 3.05) is 13.6 Å². The normalized spacial score (nSPS) is 16.8. The monoisotopic (exact) mass is 462 g/mol. The Bertz CT molecular complexity index is 498. The molecule has 2 N–H and O–H groups in total. The number of aromatic nitrogens is 1. The number of nitrogens with zero attached hydrogens (tertiary/aromatic N) is 2. The van der Waals surface area contributed by atoms with Gasteiger partial charge in [0.25, 0.3) is 0 Å². The number of alkyl halides is 3. The molecule has 0 unspecified atom stereocenters. The number of aliphatic imine (C=N–C) groups is 1. The summed E-state index contributed by atoms with van der Waals surface area (Å²) in [6.07, 6.45) is 2.12. The van der Waals surface area contributed by atoms with Crippen LogP contribution in [-0.4, -0.2) is 30.6 Å². The highest BCUT2D eigenvalue weighted by molar-refractivity contribution is 14.0. The Morgan fingerprint density at radius 2 is 2.04 bits per heavy atom. The fraction of sp³-hybridized carbons (Fsp3) is 0.714. The summed E-state index contributed by atoms with van der Waals surface area (Å²) < 4.78 is 37.4. The first kappa shape index (κ1) is 20.5. The maximum Gasteiger partial charge on any atom is 0.434 e. The first-order chi connectivity index (χ1) is 10.5. The van der Waals surface area contributed by atoms with E-state index in [0.29, 0.717) is 30.0 Å². The molecule has 0 radical (unpaired) electrons.